The van der Waals surface area contributed by atoms with Crippen LogP contribution in [0.5, 0.6) is 0 Å². The molecule has 166 valence electrons. The molecule has 2 saturated carbocycles. The van der Waals surface area contributed by atoms with Crippen molar-refractivity contribution in [2.75, 3.05) is 6.54 Å². The van der Waals surface area contributed by atoms with Crippen molar-refractivity contribution in [1.82, 2.24) is 10.2 Å². The fourth-order valence-corrected chi connectivity index (χ4v) is 5.64. The average molecular weight is 409 g/mol. The van der Waals surface area contributed by atoms with Crippen LogP contribution in [-0.2, 0) is 9.53 Å². The smallest absolute Gasteiger partial charge is 0.410 e. The Morgan fingerprint density at radius 1 is 1.07 bits per heavy atom. The lowest BCUT2D eigenvalue weighted by atomic mass is 9.75. The summed E-state index contributed by atoms with van der Waals surface area (Å²) < 4.78 is 5.74. The van der Waals surface area contributed by atoms with Gasteiger partial charge in [0.25, 0.3) is 0 Å². The van der Waals surface area contributed by atoms with Gasteiger partial charge in [-0.25, -0.2) is 4.79 Å². The molecule has 6 heteroatoms. The Bertz CT molecular complexity index is 596. The van der Waals surface area contributed by atoms with Gasteiger partial charge in [0.05, 0.1) is 12.1 Å². The highest BCUT2D eigenvalue weighted by Crippen LogP contribution is 2.48. The maximum atomic E-state index is 13.1. The largest absolute Gasteiger partial charge is 0.444 e. The number of aliphatic hydroxyl groups excluding tert-OH is 1. The van der Waals surface area contributed by atoms with Crippen molar-refractivity contribution in [3.05, 3.63) is 0 Å². The fraction of sp³-hybridized carbons (Fsp3) is 0.913. The number of aliphatic hydroxyl groups is 1. The van der Waals surface area contributed by atoms with Crippen molar-refractivity contribution >= 4 is 12.0 Å². The molecular weight excluding hydrogens is 368 g/mol. The highest BCUT2D eigenvalue weighted by Gasteiger charge is 2.55. The van der Waals surface area contributed by atoms with E-state index in [4.69, 9.17) is 4.74 Å². The van der Waals surface area contributed by atoms with E-state index >= 15 is 0 Å². The van der Waals surface area contributed by atoms with E-state index < -0.39 is 11.7 Å². The highest BCUT2D eigenvalue weighted by molar-refractivity contribution is 5.79. The Morgan fingerprint density at radius 2 is 1.69 bits per heavy atom. The van der Waals surface area contributed by atoms with E-state index in [2.05, 4.69) is 12.2 Å². The standard InChI is InChI=1S/C23H40N2O4/c1-22(2,3)29-21(28)25-17(15-24-20(27)16-10-6-5-7-11-16)14-23(4)18(25)12-8-9-13-19(23)26/h16-19,26H,5-15H2,1-4H3,(H,24,27)/t17-,18-,19+,23-/m1/s1. The molecule has 0 aromatic rings. The molecule has 3 fully saturated rings. The van der Waals surface area contributed by atoms with Crippen molar-refractivity contribution in [2.45, 2.75) is 116 Å². The summed E-state index contributed by atoms with van der Waals surface area (Å²) in [5, 5.41) is 14.0. The molecule has 0 unspecified atom stereocenters. The molecule has 2 aliphatic carbocycles. The lowest BCUT2D eigenvalue weighted by molar-refractivity contribution is -0.126. The minimum Gasteiger partial charge on any atom is -0.444 e. The minimum atomic E-state index is -0.574. The van der Waals surface area contributed by atoms with Crippen LogP contribution in [0.1, 0.15) is 91.9 Å². The first-order valence-electron chi connectivity index (χ1n) is 11.6. The fourth-order valence-electron chi connectivity index (χ4n) is 5.64. The minimum absolute atomic E-state index is 0.0496. The van der Waals surface area contributed by atoms with Gasteiger partial charge in [-0.15, -0.1) is 0 Å². The molecule has 2 N–H and O–H groups in total. The summed E-state index contributed by atoms with van der Waals surface area (Å²) >= 11 is 0. The summed E-state index contributed by atoms with van der Waals surface area (Å²) in [6.07, 6.45) is 8.97. The third-order valence-electron chi connectivity index (χ3n) is 7.22. The Kier molecular flexibility index (Phi) is 6.81. The molecule has 1 saturated heterocycles. The van der Waals surface area contributed by atoms with Gasteiger partial charge in [-0.1, -0.05) is 39.0 Å². The number of carbonyl (C=O) groups is 2. The van der Waals surface area contributed by atoms with E-state index in [1.165, 1.54) is 6.42 Å². The summed E-state index contributed by atoms with van der Waals surface area (Å²) in [4.78, 5) is 27.7. The zero-order chi connectivity index (χ0) is 21.2. The molecule has 4 atom stereocenters. The zero-order valence-corrected chi connectivity index (χ0v) is 18.7. The second-order valence-electron chi connectivity index (χ2n) is 10.6. The Balaban J connectivity index is 1.75. The third-order valence-corrected chi connectivity index (χ3v) is 7.22. The van der Waals surface area contributed by atoms with Gasteiger partial charge in [0.15, 0.2) is 0 Å². The predicted molar refractivity (Wildman–Crippen MR) is 112 cm³/mol. The molecule has 0 aromatic heterocycles. The van der Waals surface area contributed by atoms with Crippen LogP contribution in [0.3, 0.4) is 0 Å². The van der Waals surface area contributed by atoms with Crippen LogP contribution in [0.15, 0.2) is 0 Å². The molecule has 3 aliphatic rings. The maximum absolute atomic E-state index is 13.1. The van der Waals surface area contributed by atoms with E-state index in [0.29, 0.717) is 13.0 Å². The molecule has 3 rings (SSSR count). The topological polar surface area (TPSA) is 78.9 Å². The number of hydrogen-bond donors (Lipinski definition) is 2. The van der Waals surface area contributed by atoms with E-state index in [1.807, 2.05) is 25.7 Å². The second-order valence-corrected chi connectivity index (χ2v) is 10.6. The molecular formula is C23H40N2O4. The van der Waals surface area contributed by atoms with E-state index in [0.717, 1.165) is 51.4 Å². The molecule has 0 aromatic carbocycles. The highest BCUT2D eigenvalue weighted by atomic mass is 16.6. The Morgan fingerprint density at radius 3 is 2.34 bits per heavy atom. The maximum Gasteiger partial charge on any atom is 0.410 e. The van der Waals surface area contributed by atoms with Crippen LogP contribution >= 0.6 is 0 Å². The van der Waals surface area contributed by atoms with Crippen molar-refractivity contribution < 1.29 is 19.4 Å². The lowest BCUT2D eigenvalue weighted by Gasteiger charge is -2.38. The number of nitrogens with zero attached hydrogens (tertiary/aromatic N) is 1. The van der Waals surface area contributed by atoms with Gasteiger partial charge in [-0.05, 0) is 52.9 Å². The molecule has 29 heavy (non-hydrogen) atoms. The number of ether oxygens (including phenoxy) is 1. The van der Waals surface area contributed by atoms with Gasteiger partial charge in [0, 0.05) is 23.9 Å². The van der Waals surface area contributed by atoms with Crippen LogP contribution in [0, 0.1) is 11.3 Å². The van der Waals surface area contributed by atoms with Gasteiger partial charge >= 0.3 is 6.09 Å². The molecule has 6 nitrogen and oxygen atoms in total. The van der Waals surface area contributed by atoms with Crippen LogP contribution < -0.4 is 5.32 Å². The third kappa shape index (κ3) is 5.07. The number of fused-ring (bicyclic) bond motifs is 1. The Hall–Kier alpha value is -1.30. The van der Waals surface area contributed by atoms with Crippen molar-refractivity contribution in [3.63, 3.8) is 0 Å². The molecule has 0 spiro atoms. The molecule has 2 amide bonds. The molecule has 0 radical (unpaired) electrons. The number of nitrogens with one attached hydrogen (secondary N) is 1. The average Bonchev–Trinajstić information content (AvgIpc) is 2.87. The van der Waals surface area contributed by atoms with Gasteiger partial charge in [0.2, 0.25) is 5.91 Å². The van der Waals surface area contributed by atoms with Gasteiger partial charge in [-0.2, -0.15) is 0 Å². The second kappa shape index (κ2) is 8.83. The van der Waals surface area contributed by atoms with Crippen LogP contribution in [0.2, 0.25) is 0 Å². The van der Waals surface area contributed by atoms with E-state index in [9.17, 15) is 14.7 Å². The summed E-state index contributed by atoms with van der Waals surface area (Å²) in [6.45, 7) is 8.17. The first kappa shape index (κ1) is 22.4. The van der Waals surface area contributed by atoms with E-state index in [-0.39, 0.29) is 35.4 Å². The zero-order valence-electron chi connectivity index (χ0n) is 18.7. The molecule has 0 bridgehead atoms. The Labute approximate surface area is 175 Å². The van der Waals surface area contributed by atoms with Crippen molar-refractivity contribution in [3.8, 4) is 0 Å². The predicted octanol–water partition coefficient (Wildman–Crippen LogP) is 4.00. The summed E-state index contributed by atoms with van der Waals surface area (Å²) in [5.41, 5.74) is -0.928. The number of amides is 2. The quantitative estimate of drug-likeness (QED) is 0.740. The summed E-state index contributed by atoms with van der Waals surface area (Å²) in [5.74, 6) is 0.221. The van der Waals surface area contributed by atoms with Gasteiger partial charge in [0.1, 0.15) is 5.60 Å². The van der Waals surface area contributed by atoms with Gasteiger partial charge in [-0.3, -0.25) is 9.69 Å². The van der Waals surface area contributed by atoms with Gasteiger partial charge < -0.3 is 15.2 Å². The molecule has 1 heterocycles. The number of carbonyl (C=O) groups excluding carboxylic acids is 2. The van der Waals surface area contributed by atoms with Crippen LogP contribution in [-0.4, -0.2) is 52.3 Å². The summed E-state index contributed by atoms with van der Waals surface area (Å²) in [6, 6.07) is -0.188. The number of likely N-dealkylation sites (tertiary alicyclic amines) is 1. The number of hydrogen-bond acceptors (Lipinski definition) is 4. The van der Waals surface area contributed by atoms with Crippen LogP contribution in [0.25, 0.3) is 0 Å². The summed E-state index contributed by atoms with van der Waals surface area (Å²) in [7, 11) is 0. The monoisotopic (exact) mass is 408 g/mol. The normalized spacial score (nSPS) is 33.7. The SMILES string of the molecule is CC(C)(C)OC(=O)N1[C@@H](CNC(=O)C2CCCCC2)C[C@@]2(C)[C@@H](O)CCCC[C@@H]12. The first-order valence-corrected chi connectivity index (χ1v) is 11.6. The van der Waals surface area contributed by atoms with E-state index in [1.54, 1.807) is 0 Å². The number of rotatable bonds is 3. The lowest BCUT2D eigenvalue weighted by Crippen LogP contribution is -2.51. The molecule has 1 aliphatic heterocycles. The van der Waals surface area contributed by atoms with Crippen molar-refractivity contribution in [1.29, 1.82) is 0 Å². The first-order chi connectivity index (χ1) is 13.6. The van der Waals surface area contributed by atoms with Crippen LogP contribution in [0.4, 0.5) is 4.79 Å². The van der Waals surface area contributed by atoms with Crippen molar-refractivity contribution in [2.24, 2.45) is 11.3 Å².